The normalized spacial score (nSPS) is 13.8. The zero-order chi connectivity index (χ0) is 6.95. The van der Waals surface area contributed by atoms with Gasteiger partial charge < -0.3 is 12.3 Å². The van der Waals surface area contributed by atoms with Gasteiger partial charge in [-0.3, -0.25) is 0 Å². The van der Waals surface area contributed by atoms with Crippen molar-refractivity contribution < 1.29 is 12.3 Å². The Morgan fingerprint density at radius 1 is 1.33 bits per heavy atom. The van der Waals surface area contributed by atoms with Crippen molar-refractivity contribution in [1.29, 1.82) is 0 Å². The molecule has 0 fully saturated rings. The highest BCUT2D eigenvalue weighted by atomic mass is 28.4. The molecule has 0 amide bonds. The first-order valence-corrected chi connectivity index (χ1v) is 7.11. The van der Waals surface area contributed by atoms with Crippen LogP contribution >= 0.6 is 0 Å². The van der Waals surface area contributed by atoms with Crippen molar-refractivity contribution in [2.45, 2.75) is 0 Å². The van der Waals surface area contributed by atoms with Gasteiger partial charge in [0.25, 0.3) is 20.0 Å². The molecule has 3 nitrogen and oxygen atoms in total. The van der Waals surface area contributed by atoms with Gasteiger partial charge in [-0.25, -0.2) is 0 Å². The van der Waals surface area contributed by atoms with Crippen LogP contribution in [0.4, 0.5) is 0 Å². The van der Waals surface area contributed by atoms with Crippen molar-refractivity contribution in [3.8, 4) is 0 Å². The molecular formula is C2H11O3Si4. The Morgan fingerprint density at radius 2 is 2.11 bits per heavy atom. The van der Waals surface area contributed by atoms with E-state index in [1.807, 2.05) is 0 Å². The van der Waals surface area contributed by atoms with Crippen molar-refractivity contribution in [3.05, 3.63) is 12.3 Å². The number of hydrogen-bond donors (Lipinski definition) is 0. The molecule has 0 saturated heterocycles. The Balaban J connectivity index is 2.66. The lowest BCUT2D eigenvalue weighted by Crippen LogP contribution is -2.11. The van der Waals surface area contributed by atoms with Gasteiger partial charge in [-0.05, 0) is 0 Å². The van der Waals surface area contributed by atoms with E-state index < -0.39 is 29.8 Å². The van der Waals surface area contributed by atoms with Gasteiger partial charge in [-0.15, -0.1) is 0 Å². The van der Waals surface area contributed by atoms with Gasteiger partial charge in [0.1, 0.15) is 10.5 Å². The predicted octanol–water partition coefficient (Wildman–Crippen LogP) is -3.66. The molecule has 0 bridgehead atoms. The summed E-state index contributed by atoms with van der Waals surface area (Å²) in [6, 6.07) is 0. The minimum absolute atomic E-state index is 0.539. The van der Waals surface area contributed by atoms with Gasteiger partial charge in [0.2, 0.25) is 0 Å². The van der Waals surface area contributed by atoms with Crippen LogP contribution in [0, 0.1) is 6.58 Å². The number of hydrogen-bond acceptors (Lipinski definition) is 3. The van der Waals surface area contributed by atoms with Crippen LogP contribution in [-0.2, 0) is 12.3 Å². The molecule has 1 radical (unpaired) electrons. The summed E-state index contributed by atoms with van der Waals surface area (Å²) in [6.07, 6.45) is 0. The fourth-order valence-corrected chi connectivity index (χ4v) is 5.19. The zero-order valence-corrected chi connectivity index (χ0v) is 11.7. The summed E-state index contributed by atoms with van der Waals surface area (Å²) in [5.41, 5.74) is 1.61. The molecule has 0 aromatic heterocycles. The van der Waals surface area contributed by atoms with Gasteiger partial charge in [0.05, 0.1) is 0 Å². The largest absolute Gasteiger partial charge is 0.449 e. The summed E-state index contributed by atoms with van der Waals surface area (Å²) in [5, 5.41) is 0. The molecule has 0 aromatic rings. The molecule has 0 atom stereocenters. The molecule has 53 valence electrons. The molecular weight excluding hydrogens is 184 g/mol. The summed E-state index contributed by atoms with van der Waals surface area (Å²) >= 11 is 0. The Labute approximate surface area is 65.4 Å². The summed E-state index contributed by atoms with van der Waals surface area (Å²) in [7, 11) is -1.09. The Bertz CT molecular complexity index is 68.8. The third kappa shape index (κ3) is 8.49. The topological polar surface area (TPSA) is 27.7 Å². The standard InChI is InChI=1S/C2H11O3Si4/c1-2-7-4-9-5-8-3-6/h1-2H,7-9H2,6H3. The van der Waals surface area contributed by atoms with E-state index in [1.54, 1.807) is 5.70 Å². The molecule has 0 N–H and O–H groups in total. The lowest BCUT2D eigenvalue weighted by Gasteiger charge is -2.00. The van der Waals surface area contributed by atoms with Crippen molar-refractivity contribution >= 4 is 40.3 Å². The molecule has 0 saturated carbocycles. The Morgan fingerprint density at radius 3 is 2.67 bits per heavy atom. The van der Waals surface area contributed by atoms with E-state index in [0.717, 1.165) is 10.5 Å². The molecule has 0 spiro atoms. The SMILES string of the molecule is [CH]=C[SiH2]O[SiH2]O[SiH2]O[SiH3]. The first-order valence-electron chi connectivity index (χ1n) is 2.59. The second-order valence-corrected chi connectivity index (χ2v) is 8.19. The molecule has 7 heteroatoms. The summed E-state index contributed by atoms with van der Waals surface area (Å²) in [5.74, 6) is 0. The van der Waals surface area contributed by atoms with Crippen molar-refractivity contribution in [2.24, 2.45) is 0 Å². The van der Waals surface area contributed by atoms with E-state index in [1.165, 1.54) is 0 Å². The molecule has 0 aromatic carbocycles. The molecule has 0 unspecified atom stereocenters. The van der Waals surface area contributed by atoms with Gasteiger partial charge in [-0.2, -0.15) is 0 Å². The van der Waals surface area contributed by atoms with Gasteiger partial charge in [-0.1, -0.05) is 12.3 Å². The van der Waals surface area contributed by atoms with Crippen LogP contribution in [0.2, 0.25) is 0 Å². The van der Waals surface area contributed by atoms with E-state index in [2.05, 4.69) is 0 Å². The summed E-state index contributed by atoms with van der Waals surface area (Å²) < 4.78 is 15.1. The molecule has 9 heavy (non-hydrogen) atoms. The van der Waals surface area contributed by atoms with Crippen LogP contribution in [0.5, 0.6) is 0 Å². The fourth-order valence-electron chi connectivity index (χ4n) is 0.292. The second kappa shape index (κ2) is 8.49. The third-order valence-corrected chi connectivity index (χ3v) is 4.66. The van der Waals surface area contributed by atoms with E-state index >= 15 is 0 Å². The van der Waals surface area contributed by atoms with Crippen LogP contribution < -0.4 is 0 Å². The van der Waals surface area contributed by atoms with E-state index in [9.17, 15) is 0 Å². The van der Waals surface area contributed by atoms with Crippen molar-refractivity contribution in [1.82, 2.24) is 0 Å². The molecule has 0 aliphatic heterocycles. The quantitative estimate of drug-likeness (QED) is 0.323. The lowest BCUT2D eigenvalue weighted by atomic mass is 11.3. The highest BCUT2D eigenvalue weighted by molar-refractivity contribution is 6.47. The predicted molar refractivity (Wildman–Crippen MR) is 47.7 cm³/mol. The van der Waals surface area contributed by atoms with Crippen LogP contribution in [0.25, 0.3) is 0 Å². The second-order valence-electron chi connectivity index (χ2n) is 1.33. The van der Waals surface area contributed by atoms with Crippen molar-refractivity contribution in [3.63, 3.8) is 0 Å². The van der Waals surface area contributed by atoms with Crippen LogP contribution in [0.15, 0.2) is 5.70 Å². The first kappa shape index (κ1) is 9.49. The van der Waals surface area contributed by atoms with E-state index in [4.69, 9.17) is 18.9 Å². The van der Waals surface area contributed by atoms with Crippen molar-refractivity contribution in [2.75, 3.05) is 0 Å². The molecule has 0 aliphatic carbocycles. The monoisotopic (exact) mass is 195 g/mol. The minimum Gasteiger partial charge on any atom is -0.449 e. The maximum atomic E-state index is 5.13. The first-order chi connectivity index (χ1) is 4.41. The summed E-state index contributed by atoms with van der Waals surface area (Å²) in [4.78, 5) is 0. The molecule has 0 heterocycles. The van der Waals surface area contributed by atoms with Gasteiger partial charge in [0, 0.05) is 0 Å². The lowest BCUT2D eigenvalue weighted by molar-refractivity contribution is 0.440. The van der Waals surface area contributed by atoms with Crippen LogP contribution in [0.3, 0.4) is 0 Å². The van der Waals surface area contributed by atoms with Gasteiger partial charge >= 0.3 is 0 Å². The third-order valence-electron chi connectivity index (χ3n) is 0.582. The average molecular weight is 195 g/mol. The van der Waals surface area contributed by atoms with Crippen LogP contribution in [0.1, 0.15) is 0 Å². The Hall–Kier alpha value is 0.488. The molecule has 0 rings (SSSR count). The highest BCUT2D eigenvalue weighted by Crippen LogP contribution is 1.69. The smallest absolute Gasteiger partial charge is 0.284 e. The fraction of sp³-hybridized carbons (Fsp3) is 0. The summed E-state index contributed by atoms with van der Waals surface area (Å²) in [6.45, 7) is 5.11. The van der Waals surface area contributed by atoms with Gasteiger partial charge in [0.15, 0.2) is 9.76 Å². The van der Waals surface area contributed by atoms with Crippen LogP contribution in [-0.4, -0.2) is 40.3 Å². The number of rotatable bonds is 6. The van der Waals surface area contributed by atoms with E-state index in [-0.39, 0.29) is 0 Å². The molecule has 0 aliphatic rings. The maximum absolute atomic E-state index is 5.13. The van der Waals surface area contributed by atoms with E-state index in [0.29, 0.717) is 0 Å². The highest BCUT2D eigenvalue weighted by Gasteiger charge is 1.84. The maximum Gasteiger partial charge on any atom is 0.284 e. The zero-order valence-electron chi connectivity index (χ0n) is 5.50. The minimum atomic E-state index is -0.701. The average Bonchev–Trinajstić information content (AvgIpc) is 1.89. The Kier molecular flexibility index (Phi) is 8.95.